The zero-order valence-corrected chi connectivity index (χ0v) is 23.7. The summed E-state index contributed by atoms with van der Waals surface area (Å²) in [5.41, 5.74) is 9.42. The number of nitrogens with zero attached hydrogens (tertiary/aromatic N) is 3. The van der Waals surface area contributed by atoms with E-state index in [-0.39, 0.29) is 23.4 Å². The molecule has 0 saturated heterocycles. The van der Waals surface area contributed by atoms with Crippen LogP contribution >= 0.6 is 0 Å². The fourth-order valence-corrected chi connectivity index (χ4v) is 6.24. The molecule has 0 amide bonds. The highest BCUT2D eigenvalue weighted by Crippen LogP contribution is 2.51. The second kappa shape index (κ2) is 11.6. The number of nitrogens with one attached hydrogen (secondary N) is 1. The third-order valence-electron chi connectivity index (χ3n) is 8.31. The molecule has 1 saturated carbocycles. The molecule has 206 valence electrons. The molecule has 8 heteroatoms. The first kappa shape index (κ1) is 27.7. The van der Waals surface area contributed by atoms with E-state index >= 15 is 0 Å². The number of methoxy groups -OCH3 is 2. The number of ether oxygens (including phenoxy) is 2. The highest BCUT2D eigenvalue weighted by molar-refractivity contribution is 5.90. The van der Waals surface area contributed by atoms with Crippen molar-refractivity contribution in [2.75, 3.05) is 31.8 Å². The van der Waals surface area contributed by atoms with Crippen LogP contribution in [0.4, 0.5) is 11.8 Å². The Labute approximate surface area is 226 Å². The molecule has 1 aliphatic rings. The standard InChI is InChI=1S/C30H43N5O3/c1-7-8-9-15-32-27-26-24(33-29(31)34-27)13-16-35(26)30(4)14-12-21(19(2)3)23(18-30)22-11-10-20(28(36)38-6)17-25(22)37-5/h10-11,13,16-17,19,21,23H,7-9,12,14-15,18H2,1-6H3,(H3,31,32,33,34). The van der Waals surface area contributed by atoms with Gasteiger partial charge >= 0.3 is 5.97 Å². The topological polar surface area (TPSA) is 104 Å². The molecule has 0 radical (unpaired) electrons. The Kier molecular flexibility index (Phi) is 8.48. The number of carbonyl (C=O) groups excluding carboxylic acids is 1. The molecular formula is C30H43N5O3. The summed E-state index contributed by atoms with van der Waals surface area (Å²) in [6.45, 7) is 9.99. The molecular weight excluding hydrogens is 478 g/mol. The number of fused-ring (bicyclic) bond motifs is 1. The summed E-state index contributed by atoms with van der Waals surface area (Å²) in [5.74, 6) is 2.72. The molecule has 38 heavy (non-hydrogen) atoms. The molecule has 0 spiro atoms. The van der Waals surface area contributed by atoms with Crippen LogP contribution in [0.3, 0.4) is 0 Å². The maximum Gasteiger partial charge on any atom is 0.337 e. The lowest BCUT2D eigenvalue weighted by molar-refractivity contribution is 0.0600. The lowest BCUT2D eigenvalue weighted by Crippen LogP contribution is -2.40. The summed E-state index contributed by atoms with van der Waals surface area (Å²) in [6.07, 6.45) is 8.60. The van der Waals surface area contributed by atoms with Gasteiger partial charge in [-0.2, -0.15) is 4.98 Å². The molecule has 4 rings (SSSR count). The predicted octanol–water partition coefficient (Wildman–Crippen LogP) is 6.37. The molecule has 1 fully saturated rings. The van der Waals surface area contributed by atoms with Crippen LogP contribution < -0.4 is 15.8 Å². The second-order valence-corrected chi connectivity index (χ2v) is 11.2. The van der Waals surface area contributed by atoms with E-state index in [1.54, 1.807) is 7.11 Å². The lowest BCUT2D eigenvalue weighted by Gasteiger charge is -2.46. The fourth-order valence-electron chi connectivity index (χ4n) is 6.24. The Hall–Kier alpha value is -3.29. The van der Waals surface area contributed by atoms with E-state index in [1.807, 2.05) is 18.2 Å². The van der Waals surface area contributed by atoms with Crippen molar-refractivity contribution in [1.29, 1.82) is 0 Å². The highest BCUT2D eigenvalue weighted by atomic mass is 16.5. The summed E-state index contributed by atoms with van der Waals surface area (Å²) in [7, 11) is 3.07. The predicted molar refractivity (Wildman–Crippen MR) is 153 cm³/mol. The smallest absolute Gasteiger partial charge is 0.337 e. The molecule has 0 bridgehead atoms. The van der Waals surface area contributed by atoms with Gasteiger partial charge < -0.3 is 25.1 Å². The van der Waals surface area contributed by atoms with Crippen LogP contribution in [0, 0.1) is 11.8 Å². The Morgan fingerprint density at radius 3 is 2.71 bits per heavy atom. The van der Waals surface area contributed by atoms with E-state index in [1.165, 1.54) is 20.0 Å². The quantitative estimate of drug-likeness (QED) is 0.236. The van der Waals surface area contributed by atoms with Gasteiger partial charge in [-0.3, -0.25) is 0 Å². The van der Waals surface area contributed by atoms with Gasteiger partial charge in [0.2, 0.25) is 5.95 Å². The number of aromatic nitrogens is 3. The second-order valence-electron chi connectivity index (χ2n) is 11.2. The zero-order valence-electron chi connectivity index (χ0n) is 23.7. The molecule has 2 aromatic heterocycles. The van der Waals surface area contributed by atoms with Crippen LogP contribution in [0.1, 0.15) is 88.1 Å². The molecule has 0 aliphatic heterocycles. The Balaban J connectivity index is 1.75. The maximum absolute atomic E-state index is 12.2. The summed E-state index contributed by atoms with van der Waals surface area (Å²) in [6, 6.07) is 7.76. The SMILES string of the molecule is CCCCCNc1nc(N)nc2ccn(C3(C)CCC(C(C)C)C(c4ccc(C(=O)OC)cc4OC)C3)c12. The molecule has 8 nitrogen and oxygen atoms in total. The van der Waals surface area contributed by atoms with Gasteiger partial charge in [-0.05, 0) is 74.1 Å². The van der Waals surface area contributed by atoms with Crippen LogP contribution in [0.2, 0.25) is 0 Å². The van der Waals surface area contributed by atoms with E-state index in [0.29, 0.717) is 17.4 Å². The number of esters is 1. The minimum absolute atomic E-state index is 0.164. The van der Waals surface area contributed by atoms with E-state index < -0.39 is 0 Å². The van der Waals surface area contributed by atoms with Crippen molar-refractivity contribution < 1.29 is 14.3 Å². The van der Waals surface area contributed by atoms with Crippen LogP contribution in [-0.4, -0.2) is 41.3 Å². The van der Waals surface area contributed by atoms with Crippen molar-refractivity contribution in [3.05, 3.63) is 41.6 Å². The van der Waals surface area contributed by atoms with Crippen molar-refractivity contribution in [2.45, 2.75) is 77.7 Å². The van der Waals surface area contributed by atoms with Gasteiger partial charge in [0.05, 0.1) is 25.3 Å². The number of unbranched alkanes of at least 4 members (excludes halogenated alkanes) is 2. The van der Waals surface area contributed by atoms with Gasteiger partial charge in [0, 0.05) is 18.3 Å². The number of nitrogen functional groups attached to an aromatic ring is 1. The third-order valence-corrected chi connectivity index (χ3v) is 8.31. The van der Waals surface area contributed by atoms with E-state index in [4.69, 9.17) is 15.2 Å². The summed E-state index contributed by atoms with van der Waals surface area (Å²) in [5, 5.41) is 3.54. The van der Waals surface area contributed by atoms with Crippen LogP contribution in [0.25, 0.3) is 11.0 Å². The van der Waals surface area contributed by atoms with Crippen LogP contribution in [0.15, 0.2) is 30.5 Å². The molecule has 3 aromatic rings. The van der Waals surface area contributed by atoms with Crippen molar-refractivity contribution >= 4 is 28.8 Å². The van der Waals surface area contributed by atoms with Crippen LogP contribution in [-0.2, 0) is 10.3 Å². The number of anilines is 2. The van der Waals surface area contributed by atoms with Crippen molar-refractivity contribution in [3.63, 3.8) is 0 Å². The van der Waals surface area contributed by atoms with Gasteiger partial charge in [0.25, 0.3) is 0 Å². The number of hydrogen-bond donors (Lipinski definition) is 2. The third kappa shape index (κ3) is 5.45. The average Bonchev–Trinajstić information content (AvgIpc) is 3.34. The average molecular weight is 522 g/mol. The largest absolute Gasteiger partial charge is 0.496 e. The van der Waals surface area contributed by atoms with Gasteiger partial charge in [-0.1, -0.05) is 39.7 Å². The van der Waals surface area contributed by atoms with Crippen molar-refractivity contribution in [3.8, 4) is 5.75 Å². The van der Waals surface area contributed by atoms with Gasteiger partial charge in [0.15, 0.2) is 5.82 Å². The highest BCUT2D eigenvalue weighted by Gasteiger charge is 2.42. The first-order chi connectivity index (χ1) is 18.2. The summed E-state index contributed by atoms with van der Waals surface area (Å²) >= 11 is 0. The molecule has 2 heterocycles. The first-order valence-corrected chi connectivity index (χ1v) is 13.9. The van der Waals surface area contributed by atoms with Gasteiger partial charge in [-0.25, -0.2) is 9.78 Å². The van der Waals surface area contributed by atoms with Gasteiger partial charge in [-0.15, -0.1) is 0 Å². The molecule has 3 atom stereocenters. The Bertz CT molecular complexity index is 1270. The van der Waals surface area contributed by atoms with Gasteiger partial charge in [0.1, 0.15) is 11.3 Å². The summed E-state index contributed by atoms with van der Waals surface area (Å²) < 4.78 is 13.1. The number of benzene rings is 1. The minimum atomic E-state index is -0.360. The molecule has 1 aliphatic carbocycles. The number of rotatable bonds is 10. The maximum atomic E-state index is 12.2. The lowest BCUT2D eigenvalue weighted by atomic mass is 9.64. The van der Waals surface area contributed by atoms with Crippen LogP contribution in [0.5, 0.6) is 5.75 Å². The van der Waals surface area contributed by atoms with E-state index in [9.17, 15) is 4.79 Å². The zero-order chi connectivity index (χ0) is 27.4. The first-order valence-electron chi connectivity index (χ1n) is 13.9. The monoisotopic (exact) mass is 521 g/mol. The van der Waals surface area contributed by atoms with E-state index in [2.05, 4.69) is 59.8 Å². The number of carbonyl (C=O) groups is 1. The Morgan fingerprint density at radius 1 is 1.24 bits per heavy atom. The normalized spacial score (nSPS) is 21.6. The fraction of sp³-hybridized carbons (Fsp3) is 0.567. The van der Waals surface area contributed by atoms with Crippen molar-refractivity contribution in [1.82, 2.24) is 14.5 Å². The van der Waals surface area contributed by atoms with E-state index in [0.717, 1.165) is 60.4 Å². The van der Waals surface area contributed by atoms with Crippen molar-refractivity contribution in [2.24, 2.45) is 11.8 Å². The number of nitrogens with two attached hydrogens (primary N) is 1. The minimum Gasteiger partial charge on any atom is -0.496 e. The summed E-state index contributed by atoms with van der Waals surface area (Å²) in [4.78, 5) is 21.3. The molecule has 1 aromatic carbocycles. The molecule has 3 unspecified atom stereocenters. The molecule has 3 N–H and O–H groups in total. The number of hydrogen-bond acceptors (Lipinski definition) is 7. The Morgan fingerprint density at radius 2 is 2.03 bits per heavy atom.